The first kappa shape index (κ1) is 20.7. The average Bonchev–Trinajstić information content (AvgIpc) is 2.81. The topological polar surface area (TPSA) is 98.8 Å². The molecule has 162 valence electrons. The Labute approximate surface area is 193 Å². The molecule has 0 radical (unpaired) electrons. The smallest absolute Gasteiger partial charge is 0.229 e. The highest BCUT2D eigenvalue weighted by Gasteiger charge is 2.15. The number of benzene rings is 1. The van der Waals surface area contributed by atoms with Gasteiger partial charge in [-0.25, -0.2) is 9.97 Å². The number of rotatable bonds is 4. The van der Waals surface area contributed by atoms with Crippen molar-refractivity contribution in [2.24, 2.45) is 0 Å². The molecule has 5 rings (SSSR count). The lowest BCUT2D eigenvalue weighted by Gasteiger charge is -2.28. The predicted octanol–water partition coefficient (Wildman–Crippen LogP) is 3.84. The monoisotopic (exact) mass is 467 g/mol. The summed E-state index contributed by atoms with van der Waals surface area (Å²) in [6.07, 6.45) is 4.80. The molecule has 0 unspecified atom stereocenters. The minimum atomic E-state index is -0.248. The number of H-pyrrole nitrogens is 1. The molecule has 1 aliphatic heterocycles. The van der Waals surface area contributed by atoms with Gasteiger partial charge in [-0.2, -0.15) is 4.98 Å². The van der Waals surface area contributed by atoms with Gasteiger partial charge in [0.2, 0.25) is 5.95 Å². The molecule has 4 heterocycles. The van der Waals surface area contributed by atoms with E-state index in [1.54, 1.807) is 30.6 Å². The van der Waals surface area contributed by atoms with Crippen LogP contribution in [0.3, 0.4) is 0 Å². The molecule has 1 saturated heterocycles. The van der Waals surface area contributed by atoms with Crippen molar-refractivity contribution in [3.8, 4) is 11.1 Å². The highest BCUT2D eigenvalue weighted by atomic mass is 35.5. The second kappa shape index (κ2) is 8.74. The summed E-state index contributed by atoms with van der Waals surface area (Å²) < 4.78 is 0. The quantitative estimate of drug-likeness (QED) is 0.419. The molecule has 0 spiro atoms. The van der Waals surface area contributed by atoms with Crippen molar-refractivity contribution < 1.29 is 0 Å². The first-order valence-electron chi connectivity index (χ1n) is 10.1. The van der Waals surface area contributed by atoms with Gasteiger partial charge in [0, 0.05) is 49.7 Å². The molecule has 3 aromatic heterocycles. The summed E-state index contributed by atoms with van der Waals surface area (Å²) in [5.74, 6) is 1.29. The summed E-state index contributed by atoms with van der Waals surface area (Å²) in [6, 6.07) is 9.02. The largest absolute Gasteiger partial charge is 0.354 e. The fourth-order valence-electron chi connectivity index (χ4n) is 3.68. The van der Waals surface area contributed by atoms with Crippen LogP contribution in [0.1, 0.15) is 0 Å². The molecule has 0 saturated carbocycles. The Morgan fingerprint density at radius 2 is 1.78 bits per heavy atom. The molecule has 10 heteroatoms. The summed E-state index contributed by atoms with van der Waals surface area (Å²) in [5, 5.41) is 7.61. The highest BCUT2D eigenvalue weighted by molar-refractivity contribution is 6.39. The number of anilines is 3. The summed E-state index contributed by atoms with van der Waals surface area (Å²) >= 11 is 12.5. The molecule has 1 fully saturated rings. The normalized spacial score (nSPS) is 14.0. The van der Waals surface area contributed by atoms with Crippen LogP contribution in [0.5, 0.6) is 0 Å². The standard InChI is InChI=1S/C22H19Cl2N7O/c23-16-2-1-3-17(24)19(16)14-11-27-21-15(20(14)32)12-28-22(30-21)29-13-4-5-18(26-10-13)31-8-6-25-7-9-31/h1-5,10-12,25H,6-9H2,(H2,27,28,29,30,32). The number of fused-ring (bicyclic) bond motifs is 1. The number of aromatic amines is 1. The second-order valence-electron chi connectivity index (χ2n) is 7.35. The number of nitrogens with one attached hydrogen (secondary N) is 3. The summed E-state index contributed by atoms with van der Waals surface area (Å²) in [5.41, 5.74) is 1.76. The number of piperazine rings is 1. The molecular weight excluding hydrogens is 449 g/mol. The maximum Gasteiger partial charge on any atom is 0.229 e. The van der Waals surface area contributed by atoms with E-state index in [2.05, 4.69) is 35.5 Å². The van der Waals surface area contributed by atoms with E-state index in [0.29, 0.717) is 38.2 Å². The van der Waals surface area contributed by atoms with E-state index in [-0.39, 0.29) is 5.43 Å². The van der Waals surface area contributed by atoms with Gasteiger partial charge in [-0.05, 0) is 24.3 Å². The minimum Gasteiger partial charge on any atom is -0.354 e. The number of hydrogen-bond acceptors (Lipinski definition) is 7. The summed E-state index contributed by atoms with van der Waals surface area (Å²) in [4.78, 5) is 31.6. The van der Waals surface area contributed by atoms with Gasteiger partial charge < -0.3 is 20.5 Å². The van der Waals surface area contributed by atoms with E-state index in [1.165, 1.54) is 6.20 Å². The summed E-state index contributed by atoms with van der Waals surface area (Å²) in [7, 11) is 0. The third-order valence-electron chi connectivity index (χ3n) is 5.31. The fraction of sp³-hybridized carbons (Fsp3) is 0.182. The van der Waals surface area contributed by atoms with E-state index in [4.69, 9.17) is 23.2 Å². The Kier molecular flexibility index (Phi) is 5.65. The third kappa shape index (κ3) is 4.00. The van der Waals surface area contributed by atoms with Crippen LogP contribution in [-0.2, 0) is 0 Å². The van der Waals surface area contributed by atoms with Gasteiger partial charge in [0.25, 0.3) is 0 Å². The molecule has 0 aliphatic carbocycles. The maximum atomic E-state index is 13.0. The van der Waals surface area contributed by atoms with Crippen molar-refractivity contribution in [2.75, 3.05) is 36.4 Å². The Morgan fingerprint density at radius 1 is 1.00 bits per heavy atom. The van der Waals surface area contributed by atoms with Crippen molar-refractivity contribution in [1.82, 2.24) is 25.3 Å². The molecular formula is C22H19Cl2N7O. The van der Waals surface area contributed by atoms with Crippen LogP contribution in [0, 0.1) is 0 Å². The average molecular weight is 468 g/mol. The molecule has 4 aromatic rings. The number of aromatic nitrogens is 4. The maximum absolute atomic E-state index is 13.0. The Bertz CT molecular complexity index is 1310. The van der Waals surface area contributed by atoms with E-state index in [9.17, 15) is 4.79 Å². The minimum absolute atomic E-state index is 0.248. The van der Waals surface area contributed by atoms with Gasteiger partial charge in [0.1, 0.15) is 11.5 Å². The molecule has 1 aromatic carbocycles. The van der Waals surface area contributed by atoms with Gasteiger partial charge in [-0.3, -0.25) is 4.79 Å². The van der Waals surface area contributed by atoms with Crippen molar-refractivity contribution in [2.45, 2.75) is 0 Å². The van der Waals surface area contributed by atoms with Crippen molar-refractivity contribution in [3.05, 3.63) is 69.2 Å². The second-order valence-corrected chi connectivity index (χ2v) is 8.17. The van der Waals surface area contributed by atoms with Crippen LogP contribution in [0.15, 0.2) is 53.7 Å². The fourth-order valence-corrected chi connectivity index (χ4v) is 4.28. The zero-order valence-electron chi connectivity index (χ0n) is 16.9. The van der Waals surface area contributed by atoms with Gasteiger partial charge in [0.15, 0.2) is 5.43 Å². The van der Waals surface area contributed by atoms with Crippen LogP contribution < -0.4 is 21.0 Å². The Balaban J connectivity index is 1.41. The molecule has 0 amide bonds. The molecule has 3 N–H and O–H groups in total. The molecule has 1 aliphatic rings. The van der Waals surface area contributed by atoms with Crippen LogP contribution >= 0.6 is 23.2 Å². The Morgan fingerprint density at radius 3 is 2.50 bits per heavy atom. The molecule has 0 bridgehead atoms. The molecule has 32 heavy (non-hydrogen) atoms. The zero-order valence-corrected chi connectivity index (χ0v) is 18.4. The van der Waals surface area contributed by atoms with Crippen LogP contribution in [-0.4, -0.2) is 46.1 Å². The van der Waals surface area contributed by atoms with Crippen LogP contribution in [0.25, 0.3) is 22.2 Å². The van der Waals surface area contributed by atoms with E-state index in [0.717, 1.165) is 37.7 Å². The van der Waals surface area contributed by atoms with Gasteiger partial charge in [-0.1, -0.05) is 29.3 Å². The van der Waals surface area contributed by atoms with Gasteiger partial charge in [-0.15, -0.1) is 0 Å². The van der Waals surface area contributed by atoms with Crippen molar-refractivity contribution in [3.63, 3.8) is 0 Å². The number of nitrogens with zero attached hydrogens (tertiary/aromatic N) is 4. The SMILES string of the molecule is O=c1c(-c2c(Cl)cccc2Cl)c[nH]c2nc(Nc3ccc(N4CCNCC4)nc3)ncc12. The molecule has 8 nitrogen and oxygen atoms in total. The Hall–Kier alpha value is -3.20. The first-order chi connectivity index (χ1) is 15.6. The lowest BCUT2D eigenvalue weighted by atomic mass is 10.1. The van der Waals surface area contributed by atoms with E-state index in [1.807, 2.05) is 12.1 Å². The number of pyridine rings is 2. The van der Waals surface area contributed by atoms with Gasteiger partial charge >= 0.3 is 0 Å². The highest BCUT2D eigenvalue weighted by Crippen LogP contribution is 2.33. The number of halogens is 2. The van der Waals surface area contributed by atoms with Crippen LogP contribution in [0.2, 0.25) is 10.0 Å². The summed E-state index contributed by atoms with van der Waals surface area (Å²) in [6.45, 7) is 3.77. The van der Waals surface area contributed by atoms with E-state index < -0.39 is 0 Å². The zero-order chi connectivity index (χ0) is 22.1. The lowest BCUT2D eigenvalue weighted by Crippen LogP contribution is -2.43. The first-order valence-corrected chi connectivity index (χ1v) is 10.9. The predicted molar refractivity (Wildman–Crippen MR) is 128 cm³/mol. The van der Waals surface area contributed by atoms with E-state index >= 15 is 0 Å². The number of hydrogen-bond donors (Lipinski definition) is 3. The van der Waals surface area contributed by atoms with Crippen molar-refractivity contribution in [1.29, 1.82) is 0 Å². The van der Waals surface area contributed by atoms with Crippen LogP contribution in [0.4, 0.5) is 17.5 Å². The van der Waals surface area contributed by atoms with Crippen molar-refractivity contribution >= 4 is 51.7 Å². The van der Waals surface area contributed by atoms with Gasteiger partial charge in [0.05, 0.1) is 27.3 Å². The molecule has 0 atom stereocenters. The lowest BCUT2D eigenvalue weighted by molar-refractivity contribution is 0.585. The third-order valence-corrected chi connectivity index (χ3v) is 5.94.